The van der Waals surface area contributed by atoms with Crippen LogP contribution in [0.15, 0.2) is 0 Å². The molecule has 0 atom stereocenters. The number of hydrogen-bond donors (Lipinski definition) is 0. The first-order valence-corrected chi connectivity index (χ1v) is 10.1. The van der Waals surface area contributed by atoms with Gasteiger partial charge in [-0.1, -0.05) is 59.3 Å². The predicted octanol–water partition coefficient (Wildman–Crippen LogP) is 6.56. The van der Waals surface area contributed by atoms with Gasteiger partial charge in [0.15, 0.2) is 0 Å². The molecule has 0 saturated carbocycles. The third-order valence-corrected chi connectivity index (χ3v) is 5.13. The van der Waals surface area contributed by atoms with E-state index >= 15 is 0 Å². The summed E-state index contributed by atoms with van der Waals surface area (Å²) in [6, 6.07) is 0. The van der Waals surface area contributed by atoms with Gasteiger partial charge in [-0.25, -0.2) is 0 Å². The maximum absolute atomic E-state index is 2.43. The molecular weight excluding hydrogens is 254 g/mol. The lowest BCUT2D eigenvalue weighted by Crippen LogP contribution is -2.50. The lowest BCUT2D eigenvalue weighted by molar-refractivity contribution is -0.927. The van der Waals surface area contributed by atoms with Gasteiger partial charge in [-0.3, -0.25) is 0 Å². The van der Waals surface area contributed by atoms with Crippen LogP contribution in [0.4, 0.5) is 0 Å². The topological polar surface area (TPSA) is 0 Å². The number of unbranched alkanes of at least 4 members (excludes halogenated alkanes) is 9. The van der Waals surface area contributed by atoms with Crippen molar-refractivity contribution in [1.29, 1.82) is 0 Å². The molecule has 0 aliphatic carbocycles. The van der Waals surface area contributed by atoms with Gasteiger partial charge < -0.3 is 4.48 Å². The minimum Gasteiger partial charge on any atom is -0.324 e. The van der Waals surface area contributed by atoms with E-state index in [1.54, 1.807) is 0 Å². The van der Waals surface area contributed by atoms with Crippen molar-refractivity contribution in [1.82, 2.24) is 0 Å². The van der Waals surface area contributed by atoms with Crippen molar-refractivity contribution in [3.63, 3.8) is 0 Å². The van der Waals surface area contributed by atoms with Crippen molar-refractivity contribution >= 4 is 0 Å². The molecule has 0 rings (SSSR count). The Balaban J connectivity index is 4.22. The van der Waals surface area contributed by atoms with Crippen LogP contribution < -0.4 is 0 Å². The fraction of sp³-hybridized carbons (Fsp3) is 1.00. The van der Waals surface area contributed by atoms with E-state index in [1.165, 1.54) is 108 Å². The van der Waals surface area contributed by atoms with E-state index in [-0.39, 0.29) is 0 Å². The molecule has 0 radical (unpaired) electrons. The zero-order valence-electron chi connectivity index (χ0n) is 15.8. The van der Waals surface area contributed by atoms with Gasteiger partial charge in [0.1, 0.15) is 0 Å². The normalized spacial score (nSPS) is 12.0. The second-order valence-corrected chi connectivity index (χ2v) is 7.01. The first kappa shape index (κ1) is 21.0. The zero-order chi connectivity index (χ0) is 15.8. The summed E-state index contributed by atoms with van der Waals surface area (Å²) in [5.41, 5.74) is 0. The molecule has 0 N–H and O–H groups in total. The van der Waals surface area contributed by atoms with Crippen LogP contribution in [0.25, 0.3) is 0 Å². The summed E-state index contributed by atoms with van der Waals surface area (Å²) < 4.78 is 1.41. The van der Waals surface area contributed by atoms with E-state index in [0.717, 1.165) is 0 Å². The molecule has 0 spiro atoms. The highest BCUT2D eigenvalue weighted by atomic mass is 15.3. The lowest BCUT2D eigenvalue weighted by atomic mass is 10.1. The minimum atomic E-state index is 1.35. The maximum Gasteiger partial charge on any atom is 0.0786 e. The number of nitrogens with zero attached hydrogens (tertiary/aromatic N) is 1. The molecule has 1 heteroatoms. The van der Waals surface area contributed by atoms with E-state index in [4.69, 9.17) is 0 Å². The average Bonchev–Trinajstić information content (AvgIpc) is 2.51. The molecule has 0 bridgehead atoms. The lowest BCUT2D eigenvalue weighted by Gasteiger charge is -2.38. The zero-order valence-corrected chi connectivity index (χ0v) is 15.8. The van der Waals surface area contributed by atoms with Crippen LogP contribution >= 0.6 is 0 Å². The molecule has 0 heterocycles. The fourth-order valence-electron chi connectivity index (χ4n) is 3.43. The molecule has 128 valence electrons. The Bertz CT molecular complexity index is 169. The summed E-state index contributed by atoms with van der Waals surface area (Å²) in [4.78, 5) is 0. The maximum atomic E-state index is 2.43. The standard InChI is InChI=1S/C20H44N/c1-5-9-12-15-18-21(8-4,19-16-13-10-6-2)20-17-14-11-7-3/h5-20H2,1-4H3/q+1. The van der Waals surface area contributed by atoms with Gasteiger partial charge in [-0.05, 0) is 45.4 Å². The molecule has 1 nitrogen and oxygen atoms in total. The summed E-state index contributed by atoms with van der Waals surface area (Å²) >= 11 is 0. The van der Waals surface area contributed by atoms with Crippen LogP contribution in [0.1, 0.15) is 105 Å². The van der Waals surface area contributed by atoms with E-state index in [9.17, 15) is 0 Å². The van der Waals surface area contributed by atoms with E-state index < -0.39 is 0 Å². The molecule has 21 heavy (non-hydrogen) atoms. The Kier molecular flexibility index (Phi) is 14.9. The first-order valence-electron chi connectivity index (χ1n) is 10.1. The summed E-state index contributed by atoms with van der Waals surface area (Å²) in [6.07, 6.45) is 17.0. The largest absolute Gasteiger partial charge is 0.324 e. The minimum absolute atomic E-state index is 1.35. The van der Waals surface area contributed by atoms with Crippen LogP contribution in [-0.4, -0.2) is 30.7 Å². The first-order chi connectivity index (χ1) is 10.2. The predicted molar refractivity (Wildman–Crippen MR) is 97.8 cm³/mol. The van der Waals surface area contributed by atoms with E-state index in [0.29, 0.717) is 0 Å². The van der Waals surface area contributed by atoms with Crippen LogP contribution in [0.5, 0.6) is 0 Å². The highest BCUT2D eigenvalue weighted by molar-refractivity contribution is 4.50. The van der Waals surface area contributed by atoms with Crippen molar-refractivity contribution in [2.45, 2.75) is 105 Å². The Morgan fingerprint density at radius 1 is 0.429 bits per heavy atom. The summed E-state index contributed by atoms with van der Waals surface area (Å²) in [6.45, 7) is 15.0. The molecular formula is C20H44N+. The van der Waals surface area contributed by atoms with Crippen molar-refractivity contribution in [3.8, 4) is 0 Å². The summed E-state index contributed by atoms with van der Waals surface area (Å²) in [5, 5.41) is 0. The summed E-state index contributed by atoms with van der Waals surface area (Å²) in [7, 11) is 0. The highest BCUT2D eigenvalue weighted by Gasteiger charge is 2.23. The van der Waals surface area contributed by atoms with Crippen LogP contribution in [0.2, 0.25) is 0 Å². The number of rotatable bonds is 16. The van der Waals surface area contributed by atoms with Gasteiger partial charge in [0.25, 0.3) is 0 Å². The number of quaternary nitrogens is 1. The van der Waals surface area contributed by atoms with Crippen molar-refractivity contribution in [3.05, 3.63) is 0 Å². The second-order valence-electron chi connectivity index (χ2n) is 7.01. The Hall–Kier alpha value is -0.0400. The van der Waals surface area contributed by atoms with Crippen molar-refractivity contribution < 1.29 is 4.48 Å². The monoisotopic (exact) mass is 298 g/mol. The van der Waals surface area contributed by atoms with Crippen molar-refractivity contribution in [2.75, 3.05) is 26.2 Å². The molecule has 0 aliphatic rings. The van der Waals surface area contributed by atoms with E-state index in [2.05, 4.69) is 27.7 Å². The number of hydrogen-bond acceptors (Lipinski definition) is 0. The molecule has 0 aromatic heterocycles. The van der Waals surface area contributed by atoms with Gasteiger partial charge in [0, 0.05) is 0 Å². The molecule has 0 aliphatic heterocycles. The Morgan fingerprint density at radius 3 is 1.00 bits per heavy atom. The van der Waals surface area contributed by atoms with Gasteiger partial charge in [-0.2, -0.15) is 0 Å². The van der Waals surface area contributed by atoms with Crippen molar-refractivity contribution in [2.24, 2.45) is 0 Å². The average molecular weight is 299 g/mol. The van der Waals surface area contributed by atoms with Gasteiger partial charge in [0.05, 0.1) is 26.2 Å². The third kappa shape index (κ3) is 11.2. The SMILES string of the molecule is CCCCCC[N+](CC)(CCCCCC)CCCCCC. The molecule has 0 amide bonds. The van der Waals surface area contributed by atoms with Gasteiger partial charge >= 0.3 is 0 Å². The molecule has 0 aromatic carbocycles. The molecule has 0 aromatic rings. The molecule has 0 unspecified atom stereocenters. The molecule has 0 saturated heterocycles. The smallest absolute Gasteiger partial charge is 0.0786 e. The van der Waals surface area contributed by atoms with Gasteiger partial charge in [0.2, 0.25) is 0 Å². The highest BCUT2D eigenvalue weighted by Crippen LogP contribution is 2.17. The fourth-order valence-corrected chi connectivity index (χ4v) is 3.43. The molecule has 0 fully saturated rings. The Labute approximate surface area is 136 Å². The van der Waals surface area contributed by atoms with Gasteiger partial charge in [-0.15, -0.1) is 0 Å². The van der Waals surface area contributed by atoms with Crippen LogP contribution in [0, 0.1) is 0 Å². The van der Waals surface area contributed by atoms with Crippen LogP contribution in [0.3, 0.4) is 0 Å². The van der Waals surface area contributed by atoms with Crippen LogP contribution in [-0.2, 0) is 0 Å². The third-order valence-electron chi connectivity index (χ3n) is 5.13. The quantitative estimate of drug-likeness (QED) is 0.223. The second kappa shape index (κ2) is 14.9. The Morgan fingerprint density at radius 2 is 0.762 bits per heavy atom. The summed E-state index contributed by atoms with van der Waals surface area (Å²) in [5.74, 6) is 0. The van der Waals surface area contributed by atoms with E-state index in [1.807, 2.05) is 0 Å².